The smallest absolute Gasteiger partial charge is 0.239 e. The average Bonchev–Trinajstić information content (AvgIpc) is 3.73. The van der Waals surface area contributed by atoms with Gasteiger partial charge in [-0.3, -0.25) is 0 Å². The van der Waals surface area contributed by atoms with Crippen LogP contribution in [0.1, 0.15) is 120 Å². The molecule has 300 valence electrons. The first-order chi connectivity index (χ1) is 20.0. The van der Waals surface area contributed by atoms with Gasteiger partial charge in [0.1, 0.15) is 11.4 Å². The third kappa shape index (κ3) is 35.0. The van der Waals surface area contributed by atoms with E-state index >= 15 is 0 Å². The Labute approximate surface area is 458 Å². The molecule has 0 bridgehead atoms. The molecule has 0 aromatic carbocycles. The zero-order chi connectivity index (χ0) is 32.6. The number of rotatable bonds is 2. The number of nitrogens with zero attached hydrogens (tertiary/aromatic N) is 1. The van der Waals surface area contributed by atoms with Crippen molar-refractivity contribution >= 4 is 76.7 Å². The van der Waals surface area contributed by atoms with Crippen LogP contribution in [0.2, 0.25) is 0 Å². The number of pyridine rings is 1. The van der Waals surface area contributed by atoms with Gasteiger partial charge in [0.25, 0.3) is 0 Å². The molecule has 4 saturated carbocycles. The van der Waals surface area contributed by atoms with Gasteiger partial charge in [-0.1, -0.05) is 96.3 Å². The molecule has 1 aromatic rings. The molecule has 0 radical (unpaired) electrons. The van der Waals surface area contributed by atoms with Crippen LogP contribution < -0.4 is 0 Å². The van der Waals surface area contributed by atoms with Crippen LogP contribution >= 0.6 is 76.7 Å². The predicted octanol–water partition coefficient (Wildman–Crippen LogP) is 14.5. The Hall–Kier alpha value is 7.69. The van der Waals surface area contributed by atoms with Crippen molar-refractivity contribution < 1.29 is 211 Å². The summed E-state index contributed by atoms with van der Waals surface area (Å²) < 4.78 is 72.6. The Morgan fingerprint density at radius 3 is 0.918 bits per heavy atom. The molecule has 1 nitrogen and oxygen atoms in total. The fourth-order valence-electron chi connectivity index (χ4n) is 5.07. The molecule has 1 aromatic heterocycles. The van der Waals surface area contributed by atoms with Crippen LogP contribution in [-0.4, -0.2) is 27.6 Å². The van der Waals surface area contributed by atoms with Gasteiger partial charge in [0.2, 0.25) is 0 Å². The van der Waals surface area contributed by atoms with E-state index in [2.05, 4.69) is 23.5 Å². The van der Waals surface area contributed by atoms with Crippen LogP contribution in [0.3, 0.4) is 0 Å². The Morgan fingerprint density at radius 1 is 0.551 bits per heavy atom. The Morgan fingerprint density at radius 2 is 0.776 bits per heavy atom. The SMILES string of the molecule is Cc1cc(C(F)(F)F)nc(C(F)(F)F)c1.ClP(Cl)C1CCCC1.ClP(Cl)C1CCCC1.PC1CCCC1.PC1CCCC1.[Ar].[Ar].[Ar].[Ar].[Fe].[Fe]. The van der Waals surface area contributed by atoms with Gasteiger partial charge in [0, 0.05) is 196 Å². The fourth-order valence-corrected chi connectivity index (χ4v) is 9.87. The van der Waals surface area contributed by atoms with Gasteiger partial charge < -0.3 is 0 Å². The zero-order valence-corrected chi connectivity index (χ0v) is 38.8. The summed E-state index contributed by atoms with van der Waals surface area (Å²) in [6.07, 6.45) is 12.3. The fraction of sp³-hybridized carbons (Fsp3) is 0.821. The van der Waals surface area contributed by atoms with E-state index in [9.17, 15) is 26.3 Å². The number of aryl methyl sites for hydroxylation is 1. The summed E-state index contributed by atoms with van der Waals surface area (Å²) >= 11 is 22.9. The molecule has 1 heterocycles. The molecule has 2 atom stereocenters. The quantitative estimate of drug-likeness (QED) is 0.163. The monoisotopic (exact) mass is 1040 g/mol. The Balaban J connectivity index is -0.000000119. The molecule has 0 N–H and O–H groups in total. The summed E-state index contributed by atoms with van der Waals surface area (Å²) in [5.41, 5.74) is 0.0472. The average molecular weight is 1050 g/mol. The van der Waals surface area contributed by atoms with Crippen molar-refractivity contribution in [3.05, 3.63) is 29.1 Å². The maximum absolute atomic E-state index is 12.1. The first kappa shape index (κ1) is 68.4. The molecular weight excluding hydrogens is 1000 g/mol. The molecule has 2 unspecified atom stereocenters. The van der Waals surface area contributed by atoms with Crippen LogP contribution in [0.25, 0.3) is 0 Å². The van der Waals surface area contributed by atoms with Gasteiger partial charge in [0.15, 0.2) is 0 Å². The van der Waals surface area contributed by atoms with Gasteiger partial charge in [-0.05, 0) is 87.3 Å². The summed E-state index contributed by atoms with van der Waals surface area (Å²) in [5, 5.41) is 0. The maximum Gasteiger partial charge on any atom is 0.433 e. The van der Waals surface area contributed by atoms with Crippen LogP contribution in [-0.2, 0) is 46.5 Å². The number of hydrogen-bond acceptors (Lipinski definition) is 1. The van der Waals surface area contributed by atoms with Crippen LogP contribution in [0, 0.1) is 158 Å². The molecular formula is C28H45Ar4Cl4F6Fe2NP4. The molecule has 0 aliphatic heterocycles. The molecule has 21 heteroatoms. The predicted molar refractivity (Wildman–Crippen MR) is 185 cm³/mol. The Bertz CT molecular complexity index is 837. The second-order valence-corrected chi connectivity index (χ2v) is 21.2. The van der Waals surface area contributed by atoms with E-state index in [1.54, 1.807) is 0 Å². The third-order valence-corrected chi connectivity index (χ3v) is 14.3. The molecule has 5 rings (SSSR count). The van der Waals surface area contributed by atoms with E-state index in [0.717, 1.165) is 18.2 Å². The zero-order valence-electron chi connectivity index (χ0n) is 26.7. The standard InChI is InChI=1S/C8H5F6N.2C5H9Cl2P.2C5H11P.4Ar.2Fe/c1-4-2-5(7(9,10)11)15-6(3-4)8(12,13)14;2*6-8(7)5-3-1-2-4-5;2*6-5-3-1-2-4-5;;;;;;/h2-3H,1H3;2*5H,1-4H2;2*5H,1-4,6H2;;;;;;. The van der Waals surface area contributed by atoms with Crippen molar-refractivity contribution in [1.29, 1.82) is 0 Å². The van der Waals surface area contributed by atoms with E-state index in [-0.39, 0.29) is 191 Å². The van der Waals surface area contributed by atoms with Crippen molar-refractivity contribution in [2.75, 3.05) is 0 Å². The van der Waals surface area contributed by atoms with Crippen LogP contribution in [0.5, 0.6) is 0 Å². The van der Waals surface area contributed by atoms with E-state index < -0.39 is 37.0 Å². The molecule has 4 aliphatic rings. The molecule has 49 heavy (non-hydrogen) atoms. The van der Waals surface area contributed by atoms with E-state index in [0.29, 0.717) is 23.5 Å². The minimum Gasteiger partial charge on any atom is -0.239 e. The molecule has 0 spiro atoms. The molecule has 0 saturated heterocycles. The van der Waals surface area contributed by atoms with Crippen LogP contribution in [0.4, 0.5) is 26.3 Å². The minimum atomic E-state index is -4.87. The van der Waals surface area contributed by atoms with Crippen molar-refractivity contribution in [3.8, 4) is 0 Å². The van der Waals surface area contributed by atoms with E-state index in [1.165, 1.54) is 103 Å². The largest absolute Gasteiger partial charge is 0.433 e. The molecule has 0 amide bonds. The number of alkyl halides is 6. The third-order valence-electron chi connectivity index (χ3n) is 7.55. The van der Waals surface area contributed by atoms with Crippen molar-refractivity contribution in [2.45, 2.75) is 145 Å². The van der Waals surface area contributed by atoms with Crippen molar-refractivity contribution in [1.82, 2.24) is 4.98 Å². The van der Waals surface area contributed by atoms with Gasteiger partial charge >= 0.3 is 12.4 Å². The van der Waals surface area contributed by atoms with Gasteiger partial charge in [0.05, 0.1) is 13.3 Å². The summed E-state index contributed by atoms with van der Waals surface area (Å²) in [7, 11) is 5.75. The van der Waals surface area contributed by atoms with Gasteiger partial charge in [-0.15, -0.1) is 18.5 Å². The van der Waals surface area contributed by atoms with E-state index in [4.69, 9.17) is 45.0 Å². The normalized spacial score (nSPS) is 17.7. The topological polar surface area (TPSA) is 12.9 Å². The van der Waals surface area contributed by atoms with Crippen molar-refractivity contribution in [3.63, 3.8) is 0 Å². The number of hydrogen-bond donors (Lipinski definition) is 0. The summed E-state index contributed by atoms with van der Waals surface area (Å²) in [5.74, 6) is 0. The second-order valence-electron chi connectivity index (χ2n) is 11.4. The van der Waals surface area contributed by atoms with E-state index in [1.807, 2.05) is 0 Å². The molecule has 4 aliphatic carbocycles. The second kappa shape index (κ2) is 38.6. The van der Waals surface area contributed by atoms with Crippen molar-refractivity contribution in [2.24, 2.45) is 0 Å². The summed E-state index contributed by atoms with van der Waals surface area (Å²) in [6.45, 7) is -0.169. The first-order valence-corrected chi connectivity index (χ1v) is 22.6. The minimum absolute atomic E-state index is 0. The van der Waals surface area contributed by atoms with Gasteiger partial charge in [-0.2, -0.15) is 26.3 Å². The molecule has 4 fully saturated rings. The first-order valence-electron chi connectivity index (χ1n) is 14.9. The number of aromatic nitrogens is 1. The maximum atomic E-state index is 12.1. The summed E-state index contributed by atoms with van der Waals surface area (Å²) in [6, 6.07) is 1.13. The number of halogens is 10. The van der Waals surface area contributed by atoms with Crippen LogP contribution in [0.15, 0.2) is 12.1 Å². The van der Waals surface area contributed by atoms with Gasteiger partial charge in [-0.25, -0.2) is 4.98 Å². The summed E-state index contributed by atoms with van der Waals surface area (Å²) in [4.78, 5) is 2.53. The Kier molecular flexibility index (Phi) is 53.9.